The van der Waals surface area contributed by atoms with Crippen LogP contribution in [-0.2, 0) is 4.79 Å². The summed E-state index contributed by atoms with van der Waals surface area (Å²) >= 11 is 1.56. The Kier molecular flexibility index (Phi) is 5.19. The van der Waals surface area contributed by atoms with Crippen molar-refractivity contribution >= 4 is 23.2 Å². The SMILES string of the molecule is CNC(=O)CN1CCN(C(=O)c2cc(C)n(-c3nccs3)c2C)CC1. The van der Waals surface area contributed by atoms with Gasteiger partial charge in [-0.1, -0.05) is 0 Å². The van der Waals surface area contributed by atoms with Crippen molar-refractivity contribution in [3.63, 3.8) is 0 Å². The van der Waals surface area contributed by atoms with Crippen molar-refractivity contribution in [1.82, 2.24) is 24.7 Å². The first-order valence-corrected chi connectivity index (χ1v) is 9.20. The number of rotatable bonds is 4. The summed E-state index contributed by atoms with van der Waals surface area (Å²) in [5.41, 5.74) is 2.66. The van der Waals surface area contributed by atoms with E-state index in [4.69, 9.17) is 0 Å². The molecule has 2 amide bonds. The van der Waals surface area contributed by atoms with Crippen molar-refractivity contribution in [3.05, 3.63) is 34.6 Å². The zero-order valence-corrected chi connectivity index (χ0v) is 15.6. The second-order valence-electron chi connectivity index (χ2n) is 6.18. The standard InChI is InChI=1S/C17H23N5O2S/c1-12-10-14(13(2)22(12)17-19-4-9-25-17)16(24)21-7-5-20(6-8-21)11-15(23)18-3/h4,9-10H,5-8,11H2,1-3H3,(H,18,23). The fraction of sp³-hybridized carbons (Fsp3) is 0.471. The molecule has 0 aromatic carbocycles. The van der Waals surface area contributed by atoms with Crippen LogP contribution in [0.1, 0.15) is 21.7 Å². The predicted octanol–water partition coefficient (Wildman–Crippen LogP) is 1.05. The van der Waals surface area contributed by atoms with Crippen molar-refractivity contribution in [2.24, 2.45) is 0 Å². The highest BCUT2D eigenvalue weighted by Gasteiger charge is 2.26. The van der Waals surface area contributed by atoms with Crippen molar-refractivity contribution in [2.45, 2.75) is 13.8 Å². The van der Waals surface area contributed by atoms with E-state index in [0.29, 0.717) is 32.7 Å². The quantitative estimate of drug-likeness (QED) is 0.884. The number of thiazole rings is 1. The largest absolute Gasteiger partial charge is 0.358 e. The molecule has 2 aromatic rings. The highest BCUT2D eigenvalue weighted by atomic mass is 32.1. The van der Waals surface area contributed by atoms with Crippen LogP contribution >= 0.6 is 11.3 Å². The molecule has 0 atom stereocenters. The molecule has 1 aliphatic rings. The molecule has 134 valence electrons. The Morgan fingerprint density at radius 2 is 1.96 bits per heavy atom. The molecule has 0 bridgehead atoms. The summed E-state index contributed by atoms with van der Waals surface area (Å²) in [5.74, 6) is 0.0577. The molecular weight excluding hydrogens is 338 g/mol. The Morgan fingerprint density at radius 3 is 2.56 bits per heavy atom. The van der Waals surface area contributed by atoms with Gasteiger partial charge in [0, 0.05) is 56.2 Å². The number of hydrogen-bond acceptors (Lipinski definition) is 5. The summed E-state index contributed by atoms with van der Waals surface area (Å²) < 4.78 is 2.03. The number of nitrogens with zero attached hydrogens (tertiary/aromatic N) is 4. The zero-order valence-electron chi connectivity index (χ0n) is 14.8. The maximum atomic E-state index is 12.9. The Hall–Kier alpha value is -2.19. The summed E-state index contributed by atoms with van der Waals surface area (Å²) in [4.78, 5) is 32.7. The van der Waals surface area contributed by atoms with E-state index < -0.39 is 0 Å². The van der Waals surface area contributed by atoms with Gasteiger partial charge in [0.1, 0.15) is 0 Å². The zero-order chi connectivity index (χ0) is 18.0. The van der Waals surface area contributed by atoms with E-state index >= 15 is 0 Å². The molecule has 0 saturated carbocycles. The molecule has 1 saturated heterocycles. The van der Waals surface area contributed by atoms with E-state index in [9.17, 15) is 9.59 Å². The second-order valence-corrected chi connectivity index (χ2v) is 7.05. The summed E-state index contributed by atoms with van der Waals surface area (Å²) in [5, 5.41) is 5.44. The van der Waals surface area contributed by atoms with Gasteiger partial charge in [-0.25, -0.2) is 4.98 Å². The van der Waals surface area contributed by atoms with Crippen LogP contribution < -0.4 is 5.32 Å². The van der Waals surface area contributed by atoms with Crippen molar-refractivity contribution < 1.29 is 9.59 Å². The molecule has 0 unspecified atom stereocenters. The van der Waals surface area contributed by atoms with Crippen LogP contribution in [-0.4, -0.2) is 70.9 Å². The van der Waals surface area contributed by atoms with Crippen molar-refractivity contribution in [1.29, 1.82) is 0 Å². The van der Waals surface area contributed by atoms with Gasteiger partial charge in [-0.15, -0.1) is 11.3 Å². The average molecular weight is 361 g/mol. The first-order valence-electron chi connectivity index (χ1n) is 8.32. The third-order valence-electron chi connectivity index (χ3n) is 4.58. The van der Waals surface area contributed by atoms with E-state index in [1.807, 2.05) is 34.8 Å². The lowest BCUT2D eigenvalue weighted by Crippen LogP contribution is -2.50. The first-order chi connectivity index (χ1) is 12.0. The van der Waals surface area contributed by atoms with Gasteiger partial charge in [0.15, 0.2) is 5.13 Å². The van der Waals surface area contributed by atoms with Crippen LogP contribution in [0.25, 0.3) is 5.13 Å². The topological polar surface area (TPSA) is 70.5 Å². The summed E-state index contributed by atoms with van der Waals surface area (Å²) in [6.07, 6.45) is 1.77. The van der Waals surface area contributed by atoms with Gasteiger partial charge in [-0.05, 0) is 19.9 Å². The molecule has 8 heteroatoms. The minimum absolute atomic E-state index is 0.00627. The van der Waals surface area contributed by atoms with Gasteiger partial charge in [0.25, 0.3) is 5.91 Å². The van der Waals surface area contributed by atoms with Gasteiger partial charge in [0.2, 0.25) is 5.91 Å². The normalized spacial score (nSPS) is 15.4. The number of likely N-dealkylation sites (N-methyl/N-ethyl adjacent to an activating group) is 1. The molecule has 7 nitrogen and oxygen atoms in total. The minimum Gasteiger partial charge on any atom is -0.358 e. The number of piperazine rings is 1. The molecule has 1 aliphatic heterocycles. The second kappa shape index (κ2) is 7.37. The Morgan fingerprint density at radius 1 is 1.24 bits per heavy atom. The fourth-order valence-electron chi connectivity index (χ4n) is 3.16. The van der Waals surface area contributed by atoms with Gasteiger partial charge in [-0.2, -0.15) is 0 Å². The van der Waals surface area contributed by atoms with Gasteiger partial charge >= 0.3 is 0 Å². The lowest BCUT2D eigenvalue weighted by molar-refractivity contribution is -0.122. The molecule has 3 heterocycles. The van der Waals surface area contributed by atoms with Crippen molar-refractivity contribution in [2.75, 3.05) is 39.8 Å². The molecule has 3 rings (SSSR count). The smallest absolute Gasteiger partial charge is 0.255 e. The highest BCUT2D eigenvalue weighted by Crippen LogP contribution is 2.23. The molecule has 2 aromatic heterocycles. The lowest BCUT2D eigenvalue weighted by Gasteiger charge is -2.34. The Balaban J connectivity index is 1.71. The number of amides is 2. The first kappa shape index (κ1) is 17.6. The molecule has 25 heavy (non-hydrogen) atoms. The van der Waals surface area contributed by atoms with Crippen LogP contribution in [0.2, 0.25) is 0 Å². The van der Waals surface area contributed by atoms with E-state index in [1.54, 1.807) is 24.6 Å². The maximum Gasteiger partial charge on any atom is 0.255 e. The van der Waals surface area contributed by atoms with Crippen LogP contribution in [0.3, 0.4) is 0 Å². The third-order valence-corrected chi connectivity index (χ3v) is 5.33. The molecular formula is C17H23N5O2S. The molecule has 0 aliphatic carbocycles. The molecule has 1 N–H and O–H groups in total. The van der Waals surface area contributed by atoms with Gasteiger partial charge < -0.3 is 10.2 Å². The van der Waals surface area contributed by atoms with Crippen LogP contribution in [0.5, 0.6) is 0 Å². The maximum absolute atomic E-state index is 12.9. The number of aromatic nitrogens is 2. The average Bonchev–Trinajstić information content (AvgIpc) is 3.22. The van der Waals surface area contributed by atoms with Gasteiger partial charge in [-0.3, -0.25) is 19.1 Å². The molecule has 0 radical (unpaired) electrons. The minimum atomic E-state index is 0.00627. The fourth-order valence-corrected chi connectivity index (χ4v) is 3.91. The van der Waals surface area contributed by atoms with Crippen LogP contribution in [0, 0.1) is 13.8 Å². The number of nitrogens with one attached hydrogen (secondary N) is 1. The third kappa shape index (κ3) is 3.59. The molecule has 0 spiro atoms. The van der Waals surface area contributed by atoms with E-state index in [-0.39, 0.29) is 11.8 Å². The number of hydrogen-bond donors (Lipinski definition) is 1. The predicted molar refractivity (Wildman–Crippen MR) is 97.3 cm³/mol. The number of carbonyl (C=O) groups excluding carboxylic acids is 2. The highest BCUT2D eigenvalue weighted by molar-refractivity contribution is 7.12. The van der Waals surface area contributed by atoms with Gasteiger partial charge in [0.05, 0.1) is 12.1 Å². The van der Waals surface area contributed by atoms with E-state index in [1.165, 1.54) is 0 Å². The number of aryl methyl sites for hydroxylation is 1. The summed E-state index contributed by atoms with van der Waals surface area (Å²) in [6, 6.07) is 1.94. The molecule has 1 fully saturated rings. The number of carbonyl (C=O) groups is 2. The van der Waals surface area contributed by atoms with E-state index in [0.717, 1.165) is 22.1 Å². The van der Waals surface area contributed by atoms with Crippen LogP contribution in [0.4, 0.5) is 0 Å². The summed E-state index contributed by atoms with van der Waals surface area (Å²) in [6.45, 7) is 7.04. The Labute approximate surface area is 151 Å². The lowest BCUT2D eigenvalue weighted by atomic mass is 10.2. The monoisotopic (exact) mass is 361 g/mol. The van der Waals surface area contributed by atoms with E-state index in [2.05, 4.69) is 15.2 Å². The summed E-state index contributed by atoms with van der Waals surface area (Å²) in [7, 11) is 1.64. The van der Waals surface area contributed by atoms with Crippen molar-refractivity contribution in [3.8, 4) is 5.13 Å². The Bertz CT molecular complexity index is 760. The van der Waals surface area contributed by atoms with Crippen LogP contribution in [0.15, 0.2) is 17.6 Å².